The van der Waals surface area contributed by atoms with Crippen LogP contribution < -0.4 is 10.1 Å². The Morgan fingerprint density at radius 3 is 2.71 bits per heavy atom. The molecule has 0 unspecified atom stereocenters. The standard InChI is InChI=1S/C13H19FN2O/c1-10(16-7-5-15-6-8-16)12-9-11(14)3-4-13(12)17-2/h3-4,9-10,15H,5-8H2,1-2H3/t10-/m0/s1. The summed E-state index contributed by atoms with van der Waals surface area (Å²) in [6.45, 7) is 6.05. The molecule has 1 heterocycles. The summed E-state index contributed by atoms with van der Waals surface area (Å²) in [5.74, 6) is 0.556. The lowest BCUT2D eigenvalue weighted by Gasteiger charge is -2.33. The first-order valence-electron chi connectivity index (χ1n) is 6.00. The van der Waals surface area contributed by atoms with Crippen LogP contribution in [0.15, 0.2) is 18.2 Å². The highest BCUT2D eigenvalue weighted by Gasteiger charge is 2.21. The molecule has 0 aromatic heterocycles. The Hall–Kier alpha value is -1.13. The number of piperazine rings is 1. The van der Waals surface area contributed by atoms with Gasteiger partial charge in [-0.05, 0) is 25.1 Å². The van der Waals surface area contributed by atoms with Gasteiger partial charge in [-0.2, -0.15) is 0 Å². The average Bonchev–Trinajstić information content (AvgIpc) is 2.39. The molecule has 1 aromatic carbocycles. The Kier molecular flexibility index (Phi) is 3.97. The number of hydrogen-bond acceptors (Lipinski definition) is 3. The maximum absolute atomic E-state index is 13.3. The lowest BCUT2D eigenvalue weighted by Crippen LogP contribution is -2.44. The van der Waals surface area contributed by atoms with Crippen LogP contribution in [0.1, 0.15) is 18.5 Å². The third kappa shape index (κ3) is 2.76. The van der Waals surface area contributed by atoms with Gasteiger partial charge in [-0.15, -0.1) is 0 Å². The fraction of sp³-hybridized carbons (Fsp3) is 0.538. The molecule has 94 valence electrons. The van der Waals surface area contributed by atoms with Crippen molar-refractivity contribution >= 4 is 0 Å². The van der Waals surface area contributed by atoms with Crippen molar-refractivity contribution in [2.45, 2.75) is 13.0 Å². The Morgan fingerprint density at radius 2 is 2.06 bits per heavy atom. The molecule has 0 spiro atoms. The Balaban J connectivity index is 2.21. The zero-order valence-electron chi connectivity index (χ0n) is 10.4. The van der Waals surface area contributed by atoms with Crippen LogP contribution in [0.3, 0.4) is 0 Å². The summed E-state index contributed by atoms with van der Waals surface area (Å²) in [5.41, 5.74) is 0.925. The Labute approximate surface area is 102 Å². The maximum atomic E-state index is 13.3. The van der Waals surface area contributed by atoms with Crippen LogP contribution in [0.25, 0.3) is 0 Å². The van der Waals surface area contributed by atoms with Crippen molar-refractivity contribution in [3.8, 4) is 5.75 Å². The zero-order valence-corrected chi connectivity index (χ0v) is 10.4. The van der Waals surface area contributed by atoms with Crippen LogP contribution in [0.4, 0.5) is 4.39 Å². The van der Waals surface area contributed by atoms with Crippen LogP contribution in [0, 0.1) is 5.82 Å². The molecule has 2 rings (SSSR count). The minimum absolute atomic E-state index is 0.183. The predicted octanol–water partition coefficient (Wildman–Crippen LogP) is 1.80. The van der Waals surface area contributed by atoms with E-state index in [-0.39, 0.29) is 11.9 Å². The average molecular weight is 238 g/mol. The summed E-state index contributed by atoms with van der Waals surface area (Å²) in [4.78, 5) is 2.34. The van der Waals surface area contributed by atoms with Crippen molar-refractivity contribution in [3.63, 3.8) is 0 Å². The summed E-state index contributed by atoms with van der Waals surface area (Å²) in [6, 6.07) is 4.89. The van der Waals surface area contributed by atoms with Crippen LogP contribution in [0.5, 0.6) is 5.75 Å². The second-order valence-corrected chi connectivity index (χ2v) is 4.35. The normalized spacial score (nSPS) is 19.0. The van der Waals surface area contributed by atoms with Gasteiger partial charge in [-0.25, -0.2) is 4.39 Å². The van der Waals surface area contributed by atoms with Gasteiger partial charge in [0.2, 0.25) is 0 Å². The van der Waals surface area contributed by atoms with E-state index < -0.39 is 0 Å². The number of methoxy groups -OCH3 is 1. The first-order valence-corrected chi connectivity index (χ1v) is 6.00. The molecule has 1 aliphatic heterocycles. The topological polar surface area (TPSA) is 24.5 Å². The van der Waals surface area contributed by atoms with Gasteiger partial charge < -0.3 is 10.1 Å². The molecule has 1 atom stereocenters. The number of benzene rings is 1. The fourth-order valence-corrected chi connectivity index (χ4v) is 2.30. The first-order chi connectivity index (χ1) is 8.22. The molecule has 0 aliphatic carbocycles. The summed E-state index contributed by atoms with van der Waals surface area (Å²) >= 11 is 0. The van der Waals surface area contributed by atoms with E-state index in [0.29, 0.717) is 0 Å². The third-order valence-corrected chi connectivity index (χ3v) is 3.34. The van der Waals surface area contributed by atoms with Gasteiger partial charge in [-0.3, -0.25) is 4.90 Å². The summed E-state index contributed by atoms with van der Waals surface area (Å²) < 4.78 is 18.6. The van der Waals surface area contributed by atoms with E-state index in [4.69, 9.17) is 4.74 Å². The summed E-state index contributed by atoms with van der Waals surface area (Å²) in [7, 11) is 1.63. The molecule has 1 aliphatic rings. The van der Waals surface area contributed by atoms with Gasteiger partial charge >= 0.3 is 0 Å². The number of nitrogens with one attached hydrogen (secondary N) is 1. The van der Waals surface area contributed by atoms with E-state index >= 15 is 0 Å². The molecule has 4 heteroatoms. The molecule has 1 N–H and O–H groups in total. The van der Waals surface area contributed by atoms with Gasteiger partial charge in [0, 0.05) is 37.8 Å². The number of ether oxygens (including phenoxy) is 1. The molecular weight excluding hydrogens is 219 g/mol. The van der Waals surface area contributed by atoms with Crippen molar-refractivity contribution < 1.29 is 9.13 Å². The van der Waals surface area contributed by atoms with E-state index in [2.05, 4.69) is 17.1 Å². The smallest absolute Gasteiger partial charge is 0.123 e. The highest BCUT2D eigenvalue weighted by atomic mass is 19.1. The van der Waals surface area contributed by atoms with E-state index in [1.165, 1.54) is 6.07 Å². The van der Waals surface area contributed by atoms with Gasteiger partial charge in [0.1, 0.15) is 11.6 Å². The minimum Gasteiger partial charge on any atom is -0.496 e. The van der Waals surface area contributed by atoms with Crippen molar-refractivity contribution in [2.75, 3.05) is 33.3 Å². The molecule has 3 nitrogen and oxygen atoms in total. The van der Waals surface area contributed by atoms with E-state index in [0.717, 1.165) is 37.5 Å². The van der Waals surface area contributed by atoms with E-state index in [9.17, 15) is 4.39 Å². The quantitative estimate of drug-likeness (QED) is 0.869. The summed E-state index contributed by atoms with van der Waals surface area (Å²) in [6.07, 6.45) is 0. The van der Waals surface area contributed by atoms with E-state index in [1.54, 1.807) is 19.2 Å². The lowest BCUT2D eigenvalue weighted by atomic mass is 10.0. The molecule has 1 fully saturated rings. The fourth-order valence-electron chi connectivity index (χ4n) is 2.30. The molecule has 1 saturated heterocycles. The highest BCUT2D eigenvalue weighted by Crippen LogP contribution is 2.29. The summed E-state index contributed by atoms with van der Waals surface area (Å²) in [5, 5.41) is 3.31. The van der Waals surface area contributed by atoms with Crippen LogP contribution in [0.2, 0.25) is 0 Å². The van der Waals surface area contributed by atoms with Crippen LogP contribution in [-0.2, 0) is 0 Å². The van der Waals surface area contributed by atoms with Crippen molar-refractivity contribution in [1.82, 2.24) is 10.2 Å². The number of rotatable bonds is 3. The Bertz CT molecular complexity index is 378. The lowest BCUT2D eigenvalue weighted by molar-refractivity contribution is 0.182. The molecule has 1 aromatic rings. The maximum Gasteiger partial charge on any atom is 0.123 e. The largest absolute Gasteiger partial charge is 0.496 e. The number of nitrogens with zero attached hydrogens (tertiary/aromatic N) is 1. The van der Waals surface area contributed by atoms with E-state index in [1.807, 2.05) is 0 Å². The third-order valence-electron chi connectivity index (χ3n) is 3.34. The second-order valence-electron chi connectivity index (χ2n) is 4.35. The minimum atomic E-state index is -0.206. The monoisotopic (exact) mass is 238 g/mol. The van der Waals surface area contributed by atoms with Gasteiger partial charge in [0.25, 0.3) is 0 Å². The highest BCUT2D eigenvalue weighted by molar-refractivity contribution is 5.36. The van der Waals surface area contributed by atoms with Crippen LogP contribution in [-0.4, -0.2) is 38.2 Å². The van der Waals surface area contributed by atoms with Crippen LogP contribution >= 0.6 is 0 Å². The van der Waals surface area contributed by atoms with Crippen molar-refractivity contribution in [3.05, 3.63) is 29.6 Å². The second kappa shape index (κ2) is 5.47. The van der Waals surface area contributed by atoms with Crippen molar-refractivity contribution in [1.29, 1.82) is 0 Å². The first kappa shape index (κ1) is 12.3. The molecule has 0 amide bonds. The molecule has 0 bridgehead atoms. The molecule has 0 saturated carbocycles. The SMILES string of the molecule is COc1ccc(F)cc1[C@H](C)N1CCNCC1. The number of hydrogen-bond donors (Lipinski definition) is 1. The van der Waals surface area contributed by atoms with Gasteiger partial charge in [0.05, 0.1) is 7.11 Å². The zero-order chi connectivity index (χ0) is 12.3. The number of halogens is 1. The molecular formula is C13H19FN2O. The Morgan fingerprint density at radius 1 is 1.35 bits per heavy atom. The predicted molar refractivity (Wildman–Crippen MR) is 65.8 cm³/mol. The van der Waals surface area contributed by atoms with Crippen molar-refractivity contribution in [2.24, 2.45) is 0 Å². The molecule has 17 heavy (non-hydrogen) atoms. The van der Waals surface area contributed by atoms with Gasteiger partial charge in [0.15, 0.2) is 0 Å². The van der Waals surface area contributed by atoms with Gasteiger partial charge in [-0.1, -0.05) is 0 Å². The molecule has 0 radical (unpaired) electrons.